The molecule has 1 heterocycles. The zero-order chi connectivity index (χ0) is 17.3. The lowest BCUT2D eigenvalue weighted by molar-refractivity contribution is -0.115. The zero-order valence-corrected chi connectivity index (χ0v) is 15.0. The number of hydrogen-bond acceptors (Lipinski definition) is 2. The number of hydrogen-bond donors (Lipinski definition) is 1. The largest absolute Gasteiger partial charge is 0.359 e. The molecule has 1 aliphatic rings. The van der Waals surface area contributed by atoms with E-state index in [1.165, 1.54) is 16.8 Å². The Bertz CT molecular complexity index is 743. The van der Waals surface area contributed by atoms with Gasteiger partial charge in [-0.25, -0.2) is 0 Å². The van der Waals surface area contributed by atoms with Crippen molar-refractivity contribution in [1.82, 2.24) is 0 Å². The Hall–Kier alpha value is -2.29. The minimum atomic E-state index is 0.0496. The summed E-state index contributed by atoms with van der Waals surface area (Å²) in [6.45, 7) is 8.78. The van der Waals surface area contributed by atoms with Crippen LogP contribution in [0.4, 0.5) is 11.4 Å². The van der Waals surface area contributed by atoms with E-state index >= 15 is 0 Å². The lowest BCUT2D eigenvalue weighted by Crippen LogP contribution is -2.42. The van der Waals surface area contributed by atoms with Crippen LogP contribution in [0, 0.1) is 20.8 Å². The first-order valence-electron chi connectivity index (χ1n) is 8.68. The van der Waals surface area contributed by atoms with Crippen LogP contribution in [0.3, 0.4) is 0 Å². The van der Waals surface area contributed by atoms with E-state index in [9.17, 15) is 4.79 Å². The molecular weight excluding hydrogens is 296 g/mol. The van der Waals surface area contributed by atoms with Crippen LogP contribution in [0.25, 0.3) is 0 Å². The third-order valence-electron chi connectivity index (χ3n) is 4.92. The molecule has 0 bridgehead atoms. The van der Waals surface area contributed by atoms with Crippen molar-refractivity contribution in [2.45, 2.75) is 46.6 Å². The van der Waals surface area contributed by atoms with Gasteiger partial charge in [-0.15, -0.1) is 0 Å². The Morgan fingerprint density at radius 3 is 2.54 bits per heavy atom. The summed E-state index contributed by atoms with van der Waals surface area (Å²) >= 11 is 0. The van der Waals surface area contributed by atoms with Crippen LogP contribution in [0.5, 0.6) is 0 Å². The molecule has 126 valence electrons. The second-order valence-electron chi connectivity index (χ2n) is 6.97. The number of nitrogens with zero attached hydrogens (tertiary/aromatic N) is 1. The van der Waals surface area contributed by atoms with E-state index in [0.717, 1.165) is 29.7 Å². The lowest BCUT2D eigenvalue weighted by atomic mass is 9.96. The summed E-state index contributed by atoms with van der Waals surface area (Å²) in [7, 11) is 0. The van der Waals surface area contributed by atoms with Gasteiger partial charge in [0.1, 0.15) is 0 Å². The number of nitrogens with one attached hydrogen (secondary N) is 1. The topological polar surface area (TPSA) is 32.3 Å². The molecule has 1 atom stereocenters. The van der Waals surface area contributed by atoms with Gasteiger partial charge in [0.25, 0.3) is 0 Å². The highest BCUT2D eigenvalue weighted by Gasteiger charge is 2.24. The number of benzene rings is 2. The SMILES string of the molecule is Cc1cc(C)c(NC(=O)CN2c3ccccc3CC[C@H]2C)c(C)c1. The maximum atomic E-state index is 12.7. The van der Waals surface area contributed by atoms with E-state index in [2.05, 4.69) is 74.3 Å². The van der Waals surface area contributed by atoms with Crippen molar-refractivity contribution in [3.8, 4) is 0 Å². The molecule has 0 spiro atoms. The Morgan fingerprint density at radius 1 is 1.17 bits per heavy atom. The Kier molecular flexibility index (Phi) is 4.61. The average molecular weight is 322 g/mol. The van der Waals surface area contributed by atoms with Gasteiger partial charge < -0.3 is 10.2 Å². The summed E-state index contributed by atoms with van der Waals surface area (Å²) < 4.78 is 0. The van der Waals surface area contributed by atoms with Gasteiger partial charge in [-0.1, -0.05) is 35.9 Å². The van der Waals surface area contributed by atoms with Crippen molar-refractivity contribution < 1.29 is 4.79 Å². The van der Waals surface area contributed by atoms with Gasteiger partial charge in [0.15, 0.2) is 0 Å². The van der Waals surface area contributed by atoms with Crippen LogP contribution >= 0.6 is 0 Å². The monoisotopic (exact) mass is 322 g/mol. The van der Waals surface area contributed by atoms with E-state index in [1.54, 1.807) is 0 Å². The second-order valence-corrected chi connectivity index (χ2v) is 6.97. The molecule has 3 rings (SSSR count). The van der Waals surface area contributed by atoms with Gasteiger partial charge in [-0.2, -0.15) is 0 Å². The standard InChI is InChI=1S/C21H26N2O/c1-14-11-15(2)21(16(3)12-14)22-20(24)13-23-17(4)9-10-18-7-5-6-8-19(18)23/h5-8,11-12,17H,9-10,13H2,1-4H3,(H,22,24)/t17-/m1/s1. The van der Waals surface area contributed by atoms with Gasteiger partial charge in [-0.05, 0) is 63.3 Å². The van der Waals surface area contributed by atoms with Crippen LogP contribution in [-0.4, -0.2) is 18.5 Å². The minimum absolute atomic E-state index is 0.0496. The van der Waals surface area contributed by atoms with E-state index in [1.807, 2.05) is 0 Å². The van der Waals surface area contributed by atoms with Gasteiger partial charge in [-0.3, -0.25) is 4.79 Å². The maximum absolute atomic E-state index is 12.7. The molecule has 24 heavy (non-hydrogen) atoms. The third kappa shape index (κ3) is 3.30. The van der Waals surface area contributed by atoms with Crippen molar-refractivity contribution in [1.29, 1.82) is 0 Å². The highest BCUT2D eigenvalue weighted by Crippen LogP contribution is 2.30. The van der Waals surface area contributed by atoms with E-state index < -0.39 is 0 Å². The molecule has 0 saturated heterocycles. The smallest absolute Gasteiger partial charge is 0.243 e. The fourth-order valence-corrected chi connectivity index (χ4v) is 3.71. The molecule has 1 N–H and O–H groups in total. The first kappa shape index (κ1) is 16.6. The summed E-state index contributed by atoms with van der Waals surface area (Å²) in [5.74, 6) is 0.0496. The number of anilines is 2. The molecule has 0 aromatic heterocycles. The molecule has 2 aromatic carbocycles. The van der Waals surface area contributed by atoms with Crippen LogP contribution in [0.1, 0.15) is 35.6 Å². The number of amides is 1. The third-order valence-corrected chi connectivity index (χ3v) is 4.92. The summed E-state index contributed by atoms with van der Waals surface area (Å²) in [6, 6.07) is 13.0. The number of carbonyl (C=O) groups excluding carboxylic acids is 1. The molecule has 0 saturated carbocycles. The molecule has 0 unspecified atom stereocenters. The van der Waals surface area contributed by atoms with Gasteiger partial charge in [0.2, 0.25) is 5.91 Å². The molecule has 0 aliphatic carbocycles. The van der Waals surface area contributed by atoms with Gasteiger partial charge in [0, 0.05) is 17.4 Å². The lowest BCUT2D eigenvalue weighted by Gasteiger charge is -2.36. The van der Waals surface area contributed by atoms with E-state index in [4.69, 9.17) is 0 Å². The van der Waals surface area contributed by atoms with Crippen molar-refractivity contribution in [3.63, 3.8) is 0 Å². The predicted molar refractivity (Wildman–Crippen MR) is 101 cm³/mol. The fraction of sp³-hybridized carbons (Fsp3) is 0.381. The van der Waals surface area contributed by atoms with Gasteiger partial charge >= 0.3 is 0 Å². The maximum Gasteiger partial charge on any atom is 0.243 e. The molecule has 0 radical (unpaired) electrons. The first-order chi connectivity index (χ1) is 11.5. The van der Waals surface area contributed by atoms with Crippen LogP contribution < -0.4 is 10.2 Å². The van der Waals surface area contributed by atoms with Gasteiger partial charge in [0.05, 0.1) is 6.54 Å². The zero-order valence-electron chi connectivity index (χ0n) is 15.0. The molecular formula is C21H26N2O. The second kappa shape index (κ2) is 6.68. The number of aryl methyl sites for hydroxylation is 4. The van der Waals surface area contributed by atoms with Crippen LogP contribution in [0.15, 0.2) is 36.4 Å². The van der Waals surface area contributed by atoms with Crippen molar-refractivity contribution in [3.05, 3.63) is 58.7 Å². The summed E-state index contributed by atoms with van der Waals surface area (Å²) in [4.78, 5) is 14.9. The van der Waals surface area contributed by atoms with Crippen molar-refractivity contribution in [2.24, 2.45) is 0 Å². The van der Waals surface area contributed by atoms with Crippen molar-refractivity contribution in [2.75, 3.05) is 16.8 Å². The normalized spacial score (nSPS) is 16.7. The quantitative estimate of drug-likeness (QED) is 0.909. The van der Waals surface area contributed by atoms with E-state index in [-0.39, 0.29) is 5.91 Å². The predicted octanol–water partition coefficient (Wildman–Crippen LogP) is 4.39. The first-order valence-corrected chi connectivity index (χ1v) is 8.68. The summed E-state index contributed by atoms with van der Waals surface area (Å²) in [5.41, 5.74) is 6.95. The van der Waals surface area contributed by atoms with Crippen LogP contribution in [-0.2, 0) is 11.2 Å². The highest BCUT2D eigenvalue weighted by molar-refractivity contribution is 5.95. The minimum Gasteiger partial charge on any atom is -0.359 e. The summed E-state index contributed by atoms with van der Waals surface area (Å²) in [5, 5.41) is 3.12. The summed E-state index contributed by atoms with van der Waals surface area (Å²) in [6.07, 6.45) is 2.18. The molecule has 1 aliphatic heterocycles. The number of fused-ring (bicyclic) bond motifs is 1. The van der Waals surface area contributed by atoms with E-state index in [0.29, 0.717) is 12.6 Å². The van der Waals surface area contributed by atoms with Crippen molar-refractivity contribution >= 4 is 17.3 Å². The Labute approximate surface area is 144 Å². The Morgan fingerprint density at radius 2 is 1.83 bits per heavy atom. The molecule has 0 fully saturated rings. The van der Waals surface area contributed by atoms with Crippen LogP contribution in [0.2, 0.25) is 0 Å². The Balaban J connectivity index is 1.78. The number of carbonyl (C=O) groups is 1. The average Bonchev–Trinajstić information content (AvgIpc) is 2.53. The fourth-order valence-electron chi connectivity index (χ4n) is 3.71. The number of para-hydroxylation sites is 1. The number of rotatable bonds is 3. The molecule has 2 aromatic rings. The highest BCUT2D eigenvalue weighted by atomic mass is 16.2. The molecule has 1 amide bonds. The molecule has 3 nitrogen and oxygen atoms in total. The molecule has 3 heteroatoms.